The molecule has 0 fully saturated rings. The maximum atomic E-state index is 13.5. The molecule has 0 aliphatic rings. The second-order valence-electron chi connectivity index (χ2n) is 9.75. The van der Waals surface area contributed by atoms with E-state index in [4.69, 9.17) is 9.72 Å². The molecule has 4 aromatic heterocycles. The molecule has 0 bridgehead atoms. The van der Waals surface area contributed by atoms with Crippen molar-refractivity contribution in [2.45, 2.75) is 20.0 Å². The minimum atomic E-state index is -0.525. The summed E-state index contributed by atoms with van der Waals surface area (Å²) in [6.45, 7) is 3.08. The number of fused-ring (bicyclic) bond motifs is 1. The van der Waals surface area contributed by atoms with Gasteiger partial charge < -0.3 is 15.0 Å². The first-order chi connectivity index (χ1) is 21.1. The van der Waals surface area contributed by atoms with Crippen LogP contribution in [-0.4, -0.2) is 36.7 Å². The Bertz CT molecular complexity index is 1860. The van der Waals surface area contributed by atoms with E-state index in [-0.39, 0.29) is 17.7 Å². The maximum Gasteiger partial charge on any atom is 0.343 e. The van der Waals surface area contributed by atoms with Gasteiger partial charge in [0.25, 0.3) is 5.56 Å². The molecule has 43 heavy (non-hydrogen) atoms. The number of pyridine rings is 2. The second-order valence-corrected chi connectivity index (χ2v) is 9.75. The Labute approximate surface area is 247 Å². The molecule has 0 amide bonds. The predicted molar refractivity (Wildman–Crippen MR) is 165 cm³/mol. The Morgan fingerprint density at radius 1 is 0.907 bits per heavy atom. The largest absolute Gasteiger partial charge is 0.462 e. The number of nitrogens with one attached hydrogen (secondary N) is 1. The fraction of sp³-hybridized carbons (Fsp3) is 0.121. The van der Waals surface area contributed by atoms with E-state index in [2.05, 4.69) is 44.6 Å². The molecular formula is C33H29N7O3. The van der Waals surface area contributed by atoms with E-state index >= 15 is 0 Å². The summed E-state index contributed by atoms with van der Waals surface area (Å²) in [4.78, 5) is 37.6. The number of rotatable bonds is 10. The number of ether oxygens (including phenoxy) is 1. The lowest BCUT2D eigenvalue weighted by Gasteiger charge is -2.26. The normalized spacial score (nSPS) is 10.9. The van der Waals surface area contributed by atoms with Crippen LogP contribution in [0.1, 0.15) is 28.4 Å². The standard InChI is InChI=1S/C33H29N7O3/c1-2-43-33(42)26-21-35-40-30(38(22-24-12-5-3-6-13-24)23-25-14-7-4-8-15-25)20-28(37-31(26)40)36-27-16-11-19-39(32(27)41)29-17-9-10-18-34-29/h3-21H,2,22-23H2,1H3,(H,36,37). The number of carbonyl (C=O) groups is 1. The van der Waals surface area contributed by atoms with Crippen molar-refractivity contribution in [3.63, 3.8) is 0 Å². The molecular weight excluding hydrogens is 542 g/mol. The summed E-state index contributed by atoms with van der Waals surface area (Å²) in [5, 5.41) is 7.75. The molecule has 0 unspecified atom stereocenters. The van der Waals surface area contributed by atoms with Gasteiger partial charge in [0.05, 0.1) is 12.8 Å². The molecule has 2 aromatic carbocycles. The van der Waals surface area contributed by atoms with E-state index in [1.165, 1.54) is 10.8 Å². The van der Waals surface area contributed by atoms with Crippen LogP contribution in [0.3, 0.4) is 0 Å². The molecule has 0 spiro atoms. The van der Waals surface area contributed by atoms with Gasteiger partial charge in [0, 0.05) is 31.5 Å². The van der Waals surface area contributed by atoms with Crippen LogP contribution in [0.5, 0.6) is 0 Å². The van der Waals surface area contributed by atoms with Gasteiger partial charge >= 0.3 is 5.97 Å². The number of nitrogens with zero attached hydrogens (tertiary/aromatic N) is 6. The van der Waals surface area contributed by atoms with Crippen LogP contribution in [0.2, 0.25) is 0 Å². The van der Waals surface area contributed by atoms with E-state index in [0.29, 0.717) is 41.9 Å². The van der Waals surface area contributed by atoms with Crippen molar-refractivity contribution in [1.82, 2.24) is 24.1 Å². The lowest BCUT2D eigenvalue weighted by atomic mass is 10.1. The van der Waals surface area contributed by atoms with E-state index < -0.39 is 5.97 Å². The van der Waals surface area contributed by atoms with Gasteiger partial charge in [0.2, 0.25) is 0 Å². The first-order valence-electron chi connectivity index (χ1n) is 13.9. The molecule has 10 heteroatoms. The van der Waals surface area contributed by atoms with E-state index in [0.717, 1.165) is 11.1 Å². The molecule has 0 saturated heterocycles. The topological polar surface area (TPSA) is 107 Å². The second kappa shape index (κ2) is 12.4. The third-order valence-corrected chi connectivity index (χ3v) is 6.81. The Balaban J connectivity index is 1.48. The number of esters is 1. The zero-order valence-electron chi connectivity index (χ0n) is 23.5. The van der Waals surface area contributed by atoms with Crippen LogP contribution >= 0.6 is 0 Å². The number of hydrogen-bond acceptors (Lipinski definition) is 8. The smallest absolute Gasteiger partial charge is 0.343 e. The SMILES string of the molecule is CCOC(=O)c1cnn2c(N(Cc3ccccc3)Cc3ccccc3)cc(Nc3cccn(-c4ccccn4)c3=O)nc12. The Hall–Kier alpha value is -5.77. The van der Waals surface area contributed by atoms with Crippen LogP contribution in [0, 0.1) is 0 Å². The fourth-order valence-corrected chi connectivity index (χ4v) is 4.82. The maximum absolute atomic E-state index is 13.5. The highest BCUT2D eigenvalue weighted by Gasteiger charge is 2.22. The van der Waals surface area contributed by atoms with Crippen molar-refractivity contribution in [2.75, 3.05) is 16.8 Å². The van der Waals surface area contributed by atoms with Gasteiger partial charge in [-0.2, -0.15) is 9.61 Å². The minimum absolute atomic E-state index is 0.214. The van der Waals surface area contributed by atoms with Crippen molar-refractivity contribution in [2.24, 2.45) is 0 Å². The molecule has 10 nitrogen and oxygen atoms in total. The minimum Gasteiger partial charge on any atom is -0.462 e. The van der Waals surface area contributed by atoms with Crippen LogP contribution in [-0.2, 0) is 17.8 Å². The van der Waals surface area contributed by atoms with Crippen molar-refractivity contribution in [3.05, 3.63) is 143 Å². The third kappa shape index (κ3) is 5.98. The Morgan fingerprint density at radius 3 is 2.26 bits per heavy atom. The van der Waals surface area contributed by atoms with Crippen molar-refractivity contribution in [3.8, 4) is 5.82 Å². The molecule has 0 saturated carbocycles. The zero-order valence-corrected chi connectivity index (χ0v) is 23.5. The first kappa shape index (κ1) is 27.4. The summed E-state index contributed by atoms with van der Waals surface area (Å²) in [6.07, 6.45) is 4.76. The van der Waals surface area contributed by atoms with Gasteiger partial charge in [-0.05, 0) is 42.3 Å². The molecule has 4 heterocycles. The van der Waals surface area contributed by atoms with E-state index in [1.54, 1.807) is 48.1 Å². The predicted octanol–water partition coefficient (Wildman–Crippen LogP) is 5.40. The Morgan fingerprint density at radius 2 is 1.60 bits per heavy atom. The molecule has 1 N–H and O–H groups in total. The lowest BCUT2D eigenvalue weighted by Crippen LogP contribution is -2.25. The number of carbonyl (C=O) groups excluding carboxylic acids is 1. The van der Waals surface area contributed by atoms with Gasteiger partial charge in [-0.25, -0.2) is 14.8 Å². The molecule has 6 aromatic rings. The van der Waals surface area contributed by atoms with Gasteiger partial charge in [-0.15, -0.1) is 0 Å². The quantitative estimate of drug-likeness (QED) is 0.218. The lowest BCUT2D eigenvalue weighted by molar-refractivity contribution is 0.0528. The summed E-state index contributed by atoms with van der Waals surface area (Å²) >= 11 is 0. The average molecular weight is 572 g/mol. The number of aromatic nitrogens is 5. The highest BCUT2D eigenvalue weighted by atomic mass is 16.5. The molecule has 214 valence electrons. The molecule has 0 aliphatic heterocycles. The van der Waals surface area contributed by atoms with Gasteiger partial charge in [0.1, 0.15) is 28.7 Å². The van der Waals surface area contributed by atoms with Gasteiger partial charge in [-0.3, -0.25) is 9.36 Å². The monoisotopic (exact) mass is 571 g/mol. The van der Waals surface area contributed by atoms with E-state index in [1.807, 2.05) is 48.5 Å². The summed E-state index contributed by atoms with van der Waals surface area (Å²) < 4.78 is 8.40. The molecule has 0 radical (unpaired) electrons. The third-order valence-electron chi connectivity index (χ3n) is 6.81. The zero-order chi connectivity index (χ0) is 29.6. The van der Waals surface area contributed by atoms with Crippen LogP contribution in [0.25, 0.3) is 11.5 Å². The number of benzene rings is 2. The van der Waals surface area contributed by atoms with Gasteiger partial charge in [0.15, 0.2) is 5.65 Å². The molecule has 0 atom stereocenters. The van der Waals surface area contributed by atoms with E-state index in [9.17, 15) is 9.59 Å². The Kier molecular flexibility index (Phi) is 7.90. The highest BCUT2D eigenvalue weighted by molar-refractivity contribution is 5.96. The van der Waals surface area contributed by atoms with Crippen LogP contribution < -0.4 is 15.8 Å². The van der Waals surface area contributed by atoms with Crippen molar-refractivity contribution >= 4 is 28.9 Å². The van der Waals surface area contributed by atoms with Crippen LogP contribution in [0.4, 0.5) is 17.3 Å². The number of anilines is 3. The van der Waals surface area contributed by atoms with Gasteiger partial charge in [-0.1, -0.05) is 66.7 Å². The fourth-order valence-electron chi connectivity index (χ4n) is 4.82. The summed E-state index contributed by atoms with van der Waals surface area (Å²) in [6, 6.07) is 30.9. The summed E-state index contributed by atoms with van der Waals surface area (Å²) in [7, 11) is 0. The highest BCUT2D eigenvalue weighted by Crippen LogP contribution is 2.27. The van der Waals surface area contributed by atoms with Crippen LogP contribution in [0.15, 0.2) is 120 Å². The van der Waals surface area contributed by atoms with Crippen molar-refractivity contribution in [1.29, 1.82) is 0 Å². The van der Waals surface area contributed by atoms with Crippen molar-refractivity contribution < 1.29 is 9.53 Å². The summed E-state index contributed by atoms with van der Waals surface area (Å²) in [5.41, 5.74) is 2.73. The summed E-state index contributed by atoms with van der Waals surface area (Å²) in [5.74, 6) is 1.02. The molecule has 6 rings (SSSR count). The number of hydrogen-bond donors (Lipinski definition) is 1. The average Bonchev–Trinajstić information content (AvgIpc) is 3.47. The molecule has 0 aliphatic carbocycles. The first-order valence-corrected chi connectivity index (χ1v) is 13.9.